The van der Waals surface area contributed by atoms with E-state index in [1.807, 2.05) is 25.1 Å². The second kappa shape index (κ2) is 7.55. The molecule has 0 atom stereocenters. The van der Waals surface area contributed by atoms with Gasteiger partial charge in [0.2, 0.25) is 0 Å². The molecule has 0 radical (unpaired) electrons. The minimum absolute atomic E-state index is 0.218. The summed E-state index contributed by atoms with van der Waals surface area (Å²) in [5.41, 5.74) is 2.88. The van der Waals surface area contributed by atoms with Crippen LogP contribution in [0.4, 0.5) is 0 Å². The van der Waals surface area contributed by atoms with Crippen molar-refractivity contribution in [1.29, 1.82) is 0 Å². The Balaban J connectivity index is 2.06. The summed E-state index contributed by atoms with van der Waals surface area (Å²) in [7, 11) is 0. The number of nitrogens with zero attached hydrogens (tertiary/aromatic N) is 2. The molecular weight excluding hydrogens is 320 g/mol. The highest BCUT2D eigenvalue weighted by Crippen LogP contribution is 2.19. The predicted octanol–water partition coefficient (Wildman–Crippen LogP) is 3.79. The van der Waals surface area contributed by atoms with Crippen LogP contribution in [0.1, 0.15) is 22.8 Å². The average molecular weight is 340 g/mol. The van der Waals surface area contributed by atoms with E-state index in [9.17, 15) is 4.79 Å². The molecule has 1 amide bonds. The first kappa shape index (κ1) is 16.6. The maximum absolute atomic E-state index is 12.4. The predicted molar refractivity (Wildman–Crippen MR) is 97.4 cm³/mol. The summed E-state index contributed by atoms with van der Waals surface area (Å²) in [4.78, 5) is 17.5. The van der Waals surface area contributed by atoms with Crippen LogP contribution in [0.5, 0.6) is 0 Å². The standard InChI is InChI=1S/C19H20N2O2S/c1-3-23-12-11-21-16-10-9-14(2)13-17(16)24-19(21)20-18(22)15-7-5-4-6-8-15/h4-10,13H,3,11-12H2,1-2H3. The monoisotopic (exact) mass is 340 g/mol. The molecule has 0 spiro atoms. The Morgan fingerprint density at radius 3 is 2.75 bits per heavy atom. The smallest absolute Gasteiger partial charge is 0.279 e. The van der Waals surface area contributed by atoms with Gasteiger partial charge in [-0.05, 0) is 43.7 Å². The van der Waals surface area contributed by atoms with Gasteiger partial charge in [0.25, 0.3) is 5.91 Å². The van der Waals surface area contributed by atoms with Crippen LogP contribution < -0.4 is 4.80 Å². The van der Waals surface area contributed by atoms with Crippen molar-refractivity contribution in [2.24, 2.45) is 4.99 Å². The third kappa shape index (κ3) is 3.63. The molecule has 0 aliphatic rings. The van der Waals surface area contributed by atoms with Crippen molar-refractivity contribution in [3.8, 4) is 0 Å². The van der Waals surface area contributed by atoms with Crippen LogP contribution in [0.25, 0.3) is 10.2 Å². The number of ether oxygens (including phenoxy) is 1. The summed E-state index contributed by atoms with van der Waals surface area (Å²) in [5.74, 6) is -0.218. The first-order chi connectivity index (χ1) is 11.7. The van der Waals surface area contributed by atoms with Gasteiger partial charge in [-0.3, -0.25) is 4.79 Å². The van der Waals surface area contributed by atoms with E-state index >= 15 is 0 Å². The van der Waals surface area contributed by atoms with Crippen LogP contribution >= 0.6 is 11.3 Å². The molecule has 1 heterocycles. The third-order valence-electron chi connectivity index (χ3n) is 3.72. The van der Waals surface area contributed by atoms with E-state index in [2.05, 4.69) is 34.7 Å². The maximum atomic E-state index is 12.4. The van der Waals surface area contributed by atoms with Crippen molar-refractivity contribution in [1.82, 2.24) is 4.57 Å². The van der Waals surface area contributed by atoms with Crippen molar-refractivity contribution >= 4 is 27.5 Å². The van der Waals surface area contributed by atoms with Gasteiger partial charge in [0.05, 0.1) is 16.8 Å². The number of benzene rings is 2. The molecule has 24 heavy (non-hydrogen) atoms. The molecular formula is C19H20N2O2S. The number of fused-ring (bicyclic) bond motifs is 1. The molecule has 4 nitrogen and oxygen atoms in total. The SMILES string of the molecule is CCOCCn1c(=NC(=O)c2ccccc2)sc2cc(C)ccc21. The second-order valence-corrected chi connectivity index (χ2v) is 6.50. The second-order valence-electron chi connectivity index (χ2n) is 5.49. The molecule has 0 aliphatic carbocycles. The number of rotatable bonds is 5. The minimum atomic E-state index is -0.218. The first-order valence-electron chi connectivity index (χ1n) is 8.01. The molecule has 3 rings (SSSR count). The van der Waals surface area contributed by atoms with Crippen LogP contribution in [0, 0.1) is 6.92 Å². The fourth-order valence-electron chi connectivity index (χ4n) is 2.51. The largest absolute Gasteiger partial charge is 0.380 e. The highest BCUT2D eigenvalue weighted by atomic mass is 32.1. The molecule has 0 unspecified atom stereocenters. The number of thiazole rings is 1. The fourth-order valence-corrected chi connectivity index (χ4v) is 3.67. The number of carbonyl (C=O) groups is 1. The van der Waals surface area contributed by atoms with E-state index < -0.39 is 0 Å². The number of hydrogen-bond donors (Lipinski definition) is 0. The molecule has 5 heteroatoms. The molecule has 2 aromatic carbocycles. The van der Waals surface area contributed by atoms with Crippen molar-refractivity contribution in [2.45, 2.75) is 20.4 Å². The summed E-state index contributed by atoms with van der Waals surface area (Å²) >= 11 is 1.54. The van der Waals surface area contributed by atoms with Gasteiger partial charge in [-0.25, -0.2) is 0 Å². The molecule has 0 saturated carbocycles. The lowest BCUT2D eigenvalue weighted by Gasteiger charge is -2.05. The number of carbonyl (C=O) groups excluding carboxylic acids is 1. The van der Waals surface area contributed by atoms with E-state index in [1.165, 1.54) is 16.9 Å². The Bertz CT molecular complexity index is 910. The van der Waals surface area contributed by atoms with Gasteiger partial charge < -0.3 is 9.30 Å². The van der Waals surface area contributed by atoms with E-state index in [-0.39, 0.29) is 5.91 Å². The molecule has 0 bridgehead atoms. The summed E-state index contributed by atoms with van der Waals surface area (Å²) in [6.07, 6.45) is 0. The first-order valence-corrected chi connectivity index (χ1v) is 8.82. The van der Waals surface area contributed by atoms with Crippen LogP contribution in [-0.4, -0.2) is 23.7 Å². The van der Waals surface area contributed by atoms with E-state index in [1.54, 1.807) is 12.1 Å². The summed E-state index contributed by atoms with van der Waals surface area (Å²) in [5, 5.41) is 0. The lowest BCUT2D eigenvalue weighted by atomic mass is 10.2. The maximum Gasteiger partial charge on any atom is 0.279 e. The van der Waals surface area contributed by atoms with Gasteiger partial charge in [-0.15, -0.1) is 0 Å². The zero-order valence-corrected chi connectivity index (χ0v) is 14.7. The minimum Gasteiger partial charge on any atom is -0.380 e. The number of amides is 1. The Kier molecular flexibility index (Phi) is 5.23. The average Bonchev–Trinajstić information content (AvgIpc) is 2.92. The molecule has 0 fully saturated rings. The quantitative estimate of drug-likeness (QED) is 0.663. The van der Waals surface area contributed by atoms with Gasteiger partial charge in [-0.1, -0.05) is 35.6 Å². The van der Waals surface area contributed by atoms with Gasteiger partial charge in [-0.2, -0.15) is 4.99 Å². The molecule has 0 saturated heterocycles. The Hall–Kier alpha value is -2.24. The van der Waals surface area contributed by atoms with Gasteiger partial charge >= 0.3 is 0 Å². The summed E-state index contributed by atoms with van der Waals surface area (Å²) < 4.78 is 8.68. The molecule has 1 aromatic heterocycles. The van der Waals surface area contributed by atoms with E-state index in [0.29, 0.717) is 30.1 Å². The molecule has 124 valence electrons. The van der Waals surface area contributed by atoms with Crippen LogP contribution in [0.3, 0.4) is 0 Å². The van der Waals surface area contributed by atoms with E-state index in [0.717, 1.165) is 10.2 Å². The topological polar surface area (TPSA) is 43.6 Å². The van der Waals surface area contributed by atoms with E-state index in [4.69, 9.17) is 4.74 Å². The van der Waals surface area contributed by atoms with Crippen molar-refractivity contribution in [3.05, 3.63) is 64.5 Å². The lowest BCUT2D eigenvalue weighted by Crippen LogP contribution is -2.19. The van der Waals surface area contributed by atoms with Crippen molar-refractivity contribution in [2.75, 3.05) is 13.2 Å². The highest BCUT2D eigenvalue weighted by molar-refractivity contribution is 7.16. The zero-order chi connectivity index (χ0) is 16.9. The molecule has 3 aromatic rings. The summed E-state index contributed by atoms with van der Waals surface area (Å²) in [6.45, 7) is 6.00. The van der Waals surface area contributed by atoms with Gasteiger partial charge in [0.15, 0.2) is 4.80 Å². The number of aromatic nitrogens is 1. The summed E-state index contributed by atoms with van der Waals surface area (Å²) in [6, 6.07) is 15.4. The zero-order valence-electron chi connectivity index (χ0n) is 13.9. The normalized spacial score (nSPS) is 12.0. The number of aryl methyl sites for hydroxylation is 1. The van der Waals surface area contributed by atoms with Crippen molar-refractivity contribution in [3.63, 3.8) is 0 Å². The lowest BCUT2D eigenvalue weighted by molar-refractivity contribution is 0.0996. The molecule has 0 aliphatic heterocycles. The molecule has 0 N–H and O–H groups in total. The Labute approximate surface area is 145 Å². The highest BCUT2D eigenvalue weighted by Gasteiger charge is 2.09. The van der Waals surface area contributed by atoms with Gasteiger partial charge in [0, 0.05) is 18.7 Å². The Morgan fingerprint density at radius 1 is 1.21 bits per heavy atom. The Morgan fingerprint density at radius 2 is 2.00 bits per heavy atom. The van der Waals surface area contributed by atoms with Gasteiger partial charge in [0.1, 0.15) is 0 Å². The van der Waals surface area contributed by atoms with Crippen LogP contribution in [0.15, 0.2) is 53.5 Å². The van der Waals surface area contributed by atoms with Crippen LogP contribution in [-0.2, 0) is 11.3 Å². The van der Waals surface area contributed by atoms with Crippen molar-refractivity contribution < 1.29 is 9.53 Å². The number of hydrogen-bond acceptors (Lipinski definition) is 3. The fraction of sp³-hybridized carbons (Fsp3) is 0.263. The third-order valence-corrected chi connectivity index (χ3v) is 4.76. The van der Waals surface area contributed by atoms with Crippen LogP contribution in [0.2, 0.25) is 0 Å².